The van der Waals surface area contributed by atoms with Crippen molar-refractivity contribution < 1.29 is 19.1 Å². The number of amides is 1. The average Bonchev–Trinajstić information content (AvgIpc) is 3.37. The van der Waals surface area contributed by atoms with E-state index in [2.05, 4.69) is 5.32 Å². The lowest BCUT2D eigenvalue weighted by molar-refractivity contribution is -0.148. The number of esters is 1. The molecule has 1 N–H and O–H groups in total. The van der Waals surface area contributed by atoms with Crippen LogP contribution in [0.4, 0.5) is 5.69 Å². The van der Waals surface area contributed by atoms with Gasteiger partial charge in [-0.1, -0.05) is 49.4 Å². The molecule has 0 aliphatic heterocycles. The van der Waals surface area contributed by atoms with Crippen molar-refractivity contribution >= 4 is 23.3 Å². The minimum absolute atomic E-state index is 0.0836. The van der Waals surface area contributed by atoms with Crippen molar-refractivity contribution in [3.05, 3.63) is 65.7 Å². The second kappa shape index (κ2) is 7.30. The summed E-state index contributed by atoms with van der Waals surface area (Å²) in [5.74, 6) is -0.730. The van der Waals surface area contributed by atoms with Crippen molar-refractivity contribution in [3.63, 3.8) is 0 Å². The van der Waals surface area contributed by atoms with Crippen LogP contribution in [0.2, 0.25) is 0 Å². The summed E-state index contributed by atoms with van der Waals surface area (Å²) in [7, 11) is 0. The van der Waals surface area contributed by atoms with Gasteiger partial charge in [0, 0.05) is 11.1 Å². The maximum atomic E-state index is 12.6. The van der Waals surface area contributed by atoms with Crippen LogP contribution in [0.5, 0.6) is 0 Å². The highest BCUT2D eigenvalue weighted by Crippen LogP contribution is 2.38. The van der Waals surface area contributed by atoms with Crippen molar-refractivity contribution in [1.29, 1.82) is 0 Å². The summed E-state index contributed by atoms with van der Waals surface area (Å²) in [5.41, 5.74) is 1.33. The fourth-order valence-corrected chi connectivity index (χ4v) is 2.62. The van der Waals surface area contributed by atoms with Gasteiger partial charge in [-0.05, 0) is 24.5 Å². The maximum Gasteiger partial charge on any atom is 0.309 e. The van der Waals surface area contributed by atoms with Crippen molar-refractivity contribution in [2.45, 2.75) is 13.3 Å². The van der Waals surface area contributed by atoms with Crippen molar-refractivity contribution in [2.75, 3.05) is 11.9 Å². The Morgan fingerprint density at radius 1 is 1.04 bits per heavy atom. The molecule has 0 spiro atoms. The first-order chi connectivity index (χ1) is 12.1. The Labute approximate surface area is 146 Å². The first-order valence-electron chi connectivity index (χ1n) is 8.21. The third-order valence-electron chi connectivity index (χ3n) is 4.24. The van der Waals surface area contributed by atoms with E-state index in [0.717, 1.165) is 6.42 Å². The number of carbonyl (C=O) groups excluding carboxylic acids is 3. The van der Waals surface area contributed by atoms with E-state index in [1.807, 2.05) is 13.0 Å². The molecule has 1 saturated carbocycles. The largest absolute Gasteiger partial charge is 0.455 e. The third-order valence-corrected chi connectivity index (χ3v) is 4.24. The van der Waals surface area contributed by atoms with Gasteiger partial charge in [0.15, 0.2) is 12.4 Å². The molecule has 128 valence electrons. The van der Waals surface area contributed by atoms with Gasteiger partial charge in [0.05, 0.1) is 11.6 Å². The predicted octanol–water partition coefficient (Wildman–Crippen LogP) is 3.06. The molecule has 0 radical (unpaired) electrons. The van der Waals surface area contributed by atoms with Crippen molar-refractivity contribution in [2.24, 2.45) is 11.8 Å². The molecular formula is C20H19NO4. The monoisotopic (exact) mass is 337 g/mol. The number of benzene rings is 2. The summed E-state index contributed by atoms with van der Waals surface area (Å²) >= 11 is 0. The topological polar surface area (TPSA) is 72.5 Å². The molecule has 0 heterocycles. The van der Waals surface area contributed by atoms with Crippen LogP contribution >= 0.6 is 0 Å². The molecule has 1 aliphatic carbocycles. The molecule has 1 amide bonds. The first-order valence-corrected chi connectivity index (χ1v) is 8.21. The number of carbonyl (C=O) groups is 3. The van der Waals surface area contributed by atoms with E-state index in [9.17, 15) is 14.4 Å². The highest BCUT2D eigenvalue weighted by atomic mass is 16.5. The van der Waals surface area contributed by atoms with Crippen LogP contribution in [-0.2, 0) is 14.3 Å². The van der Waals surface area contributed by atoms with Crippen LogP contribution in [0.15, 0.2) is 54.6 Å². The quantitative estimate of drug-likeness (QED) is 0.649. The van der Waals surface area contributed by atoms with E-state index in [1.54, 1.807) is 48.5 Å². The van der Waals surface area contributed by atoms with E-state index >= 15 is 0 Å². The molecule has 3 rings (SSSR count). The van der Waals surface area contributed by atoms with Gasteiger partial charge in [-0.2, -0.15) is 0 Å². The van der Waals surface area contributed by atoms with Crippen LogP contribution in [0.1, 0.15) is 29.3 Å². The molecule has 0 saturated heterocycles. The Morgan fingerprint density at radius 3 is 2.36 bits per heavy atom. The number of ether oxygens (including phenoxy) is 1. The number of ketones is 1. The van der Waals surface area contributed by atoms with Gasteiger partial charge < -0.3 is 10.1 Å². The summed E-state index contributed by atoms with van der Waals surface area (Å²) in [6.07, 6.45) is 0.814. The van der Waals surface area contributed by atoms with E-state index in [0.29, 0.717) is 22.7 Å². The zero-order chi connectivity index (χ0) is 17.8. The van der Waals surface area contributed by atoms with Gasteiger partial charge in [-0.15, -0.1) is 0 Å². The molecule has 5 nitrogen and oxygen atoms in total. The van der Waals surface area contributed by atoms with Gasteiger partial charge in [0.2, 0.25) is 0 Å². The summed E-state index contributed by atoms with van der Waals surface area (Å²) in [5, 5.41) is 2.65. The lowest BCUT2D eigenvalue weighted by Gasteiger charge is -2.11. The highest BCUT2D eigenvalue weighted by Gasteiger charge is 2.40. The van der Waals surface area contributed by atoms with Gasteiger partial charge in [-0.3, -0.25) is 14.4 Å². The summed E-state index contributed by atoms with van der Waals surface area (Å²) < 4.78 is 5.02. The number of hydrogen-bond acceptors (Lipinski definition) is 4. The summed E-state index contributed by atoms with van der Waals surface area (Å²) in [6.45, 7) is 1.62. The molecule has 1 fully saturated rings. The smallest absolute Gasteiger partial charge is 0.309 e. The summed E-state index contributed by atoms with van der Waals surface area (Å²) in [6, 6.07) is 15.6. The van der Waals surface area contributed by atoms with E-state index in [-0.39, 0.29) is 24.3 Å². The molecule has 5 heteroatoms. The van der Waals surface area contributed by atoms with E-state index in [4.69, 9.17) is 4.74 Å². The second-order valence-electron chi connectivity index (χ2n) is 6.22. The van der Waals surface area contributed by atoms with Crippen LogP contribution in [0.3, 0.4) is 0 Å². The lowest BCUT2D eigenvalue weighted by atomic mass is 10.0. The number of anilines is 1. The van der Waals surface area contributed by atoms with Gasteiger partial charge in [0.25, 0.3) is 5.91 Å². The van der Waals surface area contributed by atoms with E-state index < -0.39 is 5.91 Å². The fraction of sp³-hybridized carbons (Fsp3) is 0.250. The molecular weight excluding hydrogens is 318 g/mol. The minimum Gasteiger partial charge on any atom is -0.455 e. The Hall–Kier alpha value is -2.95. The van der Waals surface area contributed by atoms with Crippen LogP contribution < -0.4 is 5.32 Å². The van der Waals surface area contributed by atoms with Crippen molar-refractivity contribution in [1.82, 2.24) is 0 Å². The van der Waals surface area contributed by atoms with Crippen LogP contribution in [0.25, 0.3) is 0 Å². The molecule has 0 aromatic heterocycles. The lowest BCUT2D eigenvalue weighted by Crippen LogP contribution is -2.22. The van der Waals surface area contributed by atoms with Crippen molar-refractivity contribution in [3.8, 4) is 0 Å². The summed E-state index contributed by atoms with van der Waals surface area (Å²) in [4.78, 5) is 36.3. The molecule has 2 aromatic carbocycles. The average molecular weight is 337 g/mol. The first kappa shape index (κ1) is 16.9. The van der Waals surface area contributed by atoms with Crippen LogP contribution in [0, 0.1) is 11.8 Å². The third kappa shape index (κ3) is 4.12. The Bertz CT molecular complexity index is 800. The standard InChI is InChI=1S/C20H19NO4/c1-13-11-16(13)20(24)25-12-18(22)21-17-10-6-5-9-15(17)19(23)14-7-3-2-4-8-14/h2-10,13,16H,11-12H2,1H3,(H,21,22)/t13-,16-/m0/s1. The van der Waals surface area contributed by atoms with Gasteiger partial charge in [0.1, 0.15) is 0 Å². The molecule has 25 heavy (non-hydrogen) atoms. The Morgan fingerprint density at radius 2 is 1.68 bits per heavy atom. The molecule has 2 atom stereocenters. The predicted molar refractivity (Wildman–Crippen MR) is 93.2 cm³/mol. The second-order valence-corrected chi connectivity index (χ2v) is 6.22. The Kier molecular flexibility index (Phi) is 4.93. The number of nitrogens with one attached hydrogen (secondary N) is 1. The number of hydrogen-bond donors (Lipinski definition) is 1. The normalized spacial score (nSPS) is 18.3. The molecule has 0 bridgehead atoms. The van der Waals surface area contributed by atoms with Gasteiger partial charge in [-0.25, -0.2) is 0 Å². The highest BCUT2D eigenvalue weighted by molar-refractivity contribution is 6.13. The number of para-hydroxylation sites is 1. The SMILES string of the molecule is C[C@H]1C[C@@H]1C(=O)OCC(=O)Nc1ccccc1C(=O)c1ccccc1. The molecule has 1 aliphatic rings. The van der Waals surface area contributed by atoms with Crippen LogP contribution in [-0.4, -0.2) is 24.3 Å². The maximum absolute atomic E-state index is 12.6. The Balaban J connectivity index is 1.65. The zero-order valence-electron chi connectivity index (χ0n) is 13.9. The van der Waals surface area contributed by atoms with E-state index in [1.165, 1.54) is 0 Å². The zero-order valence-corrected chi connectivity index (χ0v) is 13.9. The number of rotatable bonds is 6. The van der Waals surface area contributed by atoms with Gasteiger partial charge >= 0.3 is 5.97 Å². The minimum atomic E-state index is -0.463. The molecule has 0 unspecified atom stereocenters. The molecule has 2 aromatic rings. The fourth-order valence-electron chi connectivity index (χ4n) is 2.62.